The number of rotatable bonds is 2. The van der Waals surface area contributed by atoms with E-state index in [1.807, 2.05) is 11.8 Å². The van der Waals surface area contributed by atoms with Crippen LogP contribution in [0.15, 0.2) is 27.7 Å². The average Bonchev–Trinajstić information content (AvgIpc) is 3.04. The fourth-order valence-electron chi connectivity index (χ4n) is 1.88. The Balaban J connectivity index is 1.66. The third-order valence-corrected chi connectivity index (χ3v) is 4.95. The van der Waals surface area contributed by atoms with Gasteiger partial charge in [-0.2, -0.15) is 0 Å². The lowest BCUT2D eigenvalue weighted by Gasteiger charge is -2.09. The van der Waals surface area contributed by atoms with Crippen LogP contribution in [0.3, 0.4) is 0 Å². The van der Waals surface area contributed by atoms with Gasteiger partial charge in [0.1, 0.15) is 5.82 Å². The van der Waals surface area contributed by atoms with Crippen LogP contribution in [0, 0.1) is 11.7 Å². The van der Waals surface area contributed by atoms with Gasteiger partial charge in [0.15, 0.2) is 5.17 Å². The van der Waals surface area contributed by atoms with Crippen molar-refractivity contribution in [2.45, 2.75) is 18.1 Å². The molecule has 17 heavy (non-hydrogen) atoms. The number of hydrogen-bond acceptors (Lipinski definition) is 3. The summed E-state index contributed by atoms with van der Waals surface area (Å²) in [5.74, 6) is 0.624. The number of amidine groups is 1. The number of aliphatic imine (C=N–C) groups is 1. The number of benzene rings is 1. The van der Waals surface area contributed by atoms with Gasteiger partial charge in [-0.3, -0.25) is 4.99 Å². The highest BCUT2D eigenvalue weighted by Gasteiger charge is 2.35. The zero-order valence-electron chi connectivity index (χ0n) is 9.12. The molecule has 0 amide bonds. The SMILES string of the molecule is Fc1ccc(NC2=NCC(C3CC3)S2)c(Br)c1. The molecule has 0 radical (unpaired) electrons. The van der Waals surface area contributed by atoms with Gasteiger partial charge in [-0.25, -0.2) is 4.39 Å². The van der Waals surface area contributed by atoms with Crippen molar-refractivity contribution in [1.29, 1.82) is 0 Å². The lowest BCUT2D eigenvalue weighted by Crippen LogP contribution is -2.09. The second kappa shape index (κ2) is 4.61. The largest absolute Gasteiger partial charge is 0.334 e. The summed E-state index contributed by atoms with van der Waals surface area (Å²) in [5.41, 5.74) is 0.870. The van der Waals surface area contributed by atoms with E-state index in [1.54, 1.807) is 6.07 Å². The first-order valence-corrected chi connectivity index (χ1v) is 7.33. The topological polar surface area (TPSA) is 24.4 Å². The molecule has 0 aromatic heterocycles. The van der Waals surface area contributed by atoms with E-state index in [4.69, 9.17) is 0 Å². The van der Waals surface area contributed by atoms with Gasteiger partial charge in [-0.05, 0) is 52.9 Å². The highest BCUT2D eigenvalue weighted by molar-refractivity contribution is 9.10. The van der Waals surface area contributed by atoms with Crippen molar-refractivity contribution in [3.8, 4) is 0 Å². The standard InChI is InChI=1S/C12H12BrFN2S/c13-9-5-8(14)3-4-10(9)16-12-15-6-11(17-12)7-1-2-7/h3-5,7,11H,1-2,6H2,(H,15,16). The molecule has 1 unspecified atom stereocenters. The molecular weight excluding hydrogens is 303 g/mol. The molecule has 0 spiro atoms. The molecule has 2 nitrogen and oxygen atoms in total. The molecule has 3 rings (SSSR count). The fourth-order valence-corrected chi connectivity index (χ4v) is 3.55. The first-order valence-electron chi connectivity index (χ1n) is 5.65. The molecule has 5 heteroatoms. The highest BCUT2D eigenvalue weighted by atomic mass is 79.9. The molecule has 0 bridgehead atoms. The number of hydrogen-bond donors (Lipinski definition) is 1. The van der Waals surface area contributed by atoms with Gasteiger partial charge >= 0.3 is 0 Å². The maximum Gasteiger partial charge on any atom is 0.161 e. The predicted molar refractivity (Wildman–Crippen MR) is 74.1 cm³/mol. The van der Waals surface area contributed by atoms with E-state index in [2.05, 4.69) is 26.2 Å². The summed E-state index contributed by atoms with van der Waals surface area (Å²) in [6.45, 7) is 0.913. The molecule has 1 atom stereocenters. The zero-order valence-corrected chi connectivity index (χ0v) is 11.5. The van der Waals surface area contributed by atoms with E-state index in [0.717, 1.165) is 27.8 Å². The summed E-state index contributed by atoms with van der Waals surface area (Å²) in [5, 5.41) is 4.85. The van der Waals surface area contributed by atoms with E-state index in [0.29, 0.717) is 5.25 Å². The summed E-state index contributed by atoms with van der Waals surface area (Å²) in [6.07, 6.45) is 2.70. The Kier molecular flexibility index (Phi) is 3.13. The van der Waals surface area contributed by atoms with Crippen LogP contribution < -0.4 is 5.32 Å². The second-order valence-corrected chi connectivity index (χ2v) is 6.47. The van der Waals surface area contributed by atoms with E-state index in [1.165, 1.54) is 25.0 Å². The summed E-state index contributed by atoms with van der Waals surface area (Å²) in [7, 11) is 0. The van der Waals surface area contributed by atoms with Gasteiger partial charge in [0.2, 0.25) is 0 Å². The average molecular weight is 315 g/mol. The minimum atomic E-state index is -0.237. The predicted octanol–water partition coefficient (Wildman–Crippen LogP) is 3.88. The van der Waals surface area contributed by atoms with Crippen molar-refractivity contribution in [1.82, 2.24) is 0 Å². The minimum absolute atomic E-state index is 0.237. The van der Waals surface area contributed by atoms with E-state index < -0.39 is 0 Å². The van der Waals surface area contributed by atoms with Crippen LogP contribution in [0.5, 0.6) is 0 Å². The van der Waals surface area contributed by atoms with Crippen molar-refractivity contribution in [2.24, 2.45) is 10.9 Å². The molecular formula is C12H12BrFN2S. The molecule has 1 aromatic rings. The highest BCUT2D eigenvalue weighted by Crippen LogP contribution is 2.42. The lowest BCUT2D eigenvalue weighted by molar-refractivity contribution is 0.627. The van der Waals surface area contributed by atoms with E-state index in [9.17, 15) is 4.39 Å². The first-order chi connectivity index (χ1) is 8.22. The summed E-state index contributed by atoms with van der Waals surface area (Å²) >= 11 is 5.16. The van der Waals surface area contributed by atoms with E-state index >= 15 is 0 Å². The Morgan fingerprint density at radius 3 is 2.94 bits per heavy atom. The first kappa shape index (κ1) is 11.5. The van der Waals surface area contributed by atoms with Gasteiger partial charge in [0.25, 0.3) is 0 Å². The monoisotopic (exact) mass is 314 g/mol. The Morgan fingerprint density at radius 2 is 2.24 bits per heavy atom. The number of nitrogens with one attached hydrogen (secondary N) is 1. The smallest absolute Gasteiger partial charge is 0.161 e. The zero-order chi connectivity index (χ0) is 11.8. The molecule has 1 fully saturated rings. The minimum Gasteiger partial charge on any atom is -0.334 e. The van der Waals surface area contributed by atoms with Crippen molar-refractivity contribution in [3.63, 3.8) is 0 Å². The normalized spacial score (nSPS) is 23.6. The maximum atomic E-state index is 12.9. The quantitative estimate of drug-likeness (QED) is 0.895. The van der Waals surface area contributed by atoms with Crippen LogP contribution in [0.1, 0.15) is 12.8 Å². The van der Waals surface area contributed by atoms with Gasteiger partial charge in [0, 0.05) is 9.72 Å². The van der Waals surface area contributed by atoms with Gasteiger partial charge < -0.3 is 5.32 Å². The van der Waals surface area contributed by atoms with Crippen LogP contribution in [0.4, 0.5) is 10.1 Å². The Morgan fingerprint density at radius 1 is 1.41 bits per heavy atom. The number of halogens is 2. The Labute approximate surface area is 112 Å². The fraction of sp³-hybridized carbons (Fsp3) is 0.417. The Hall–Kier alpha value is -0.550. The van der Waals surface area contributed by atoms with Crippen LogP contribution in [-0.2, 0) is 0 Å². The summed E-state index contributed by atoms with van der Waals surface area (Å²) in [4.78, 5) is 4.49. The van der Waals surface area contributed by atoms with E-state index in [-0.39, 0.29) is 5.82 Å². The third kappa shape index (κ3) is 2.65. The number of thioether (sulfide) groups is 1. The van der Waals surface area contributed by atoms with Gasteiger partial charge in [-0.15, -0.1) is 0 Å². The molecule has 90 valence electrons. The lowest BCUT2D eigenvalue weighted by atomic mass is 10.3. The summed E-state index contributed by atoms with van der Waals surface area (Å²) in [6, 6.07) is 4.64. The molecule has 1 aliphatic carbocycles. The van der Waals surface area contributed by atoms with Gasteiger partial charge in [-0.1, -0.05) is 11.8 Å². The van der Waals surface area contributed by atoms with Crippen molar-refractivity contribution in [3.05, 3.63) is 28.5 Å². The van der Waals surface area contributed by atoms with Crippen molar-refractivity contribution < 1.29 is 4.39 Å². The van der Waals surface area contributed by atoms with Gasteiger partial charge in [0.05, 0.1) is 12.2 Å². The molecule has 2 aliphatic rings. The van der Waals surface area contributed by atoms with Crippen LogP contribution in [0.25, 0.3) is 0 Å². The second-order valence-electron chi connectivity index (χ2n) is 4.39. The Bertz CT molecular complexity index is 474. The molecule has 1 N–H and O–H groups in total. The van der Waals surface area contributed by atoms with Crippen LogP contribution in [-0.4, -0.2) is 17.0 Å². The molecule has 1 saturated carbocycles. The maximum absolute atomic E-state index is 12.9. The van der Waals surface area contributed by atoms with Crippen LogP contribution in [0.2, 0.25) is 0 Å². The number of anilines is 1. The molecule has 1 aliphatic heterocycles. The summed E-state index contributed by atoms with van der Waals surface area (Å²) < 4.78 is 13.7. The third-order valence-electron chi connectivity index (χ3n) is 3.00. The van der Waals surface area contributed by atoms with Crippen molar-refractivity contribution in [2.75, 3.05) is 11.9 Å². The molecule has 0 saturated heterocycles. The van der Waals surface area contributed by atoms with Crippen LogP contribution >= 0.6 is 27.7 Å². The van der Waals surface area contributed by atoms with Crippen molar-refractivity contribution >= 4 is 38.5 Å². The number of nitrogens with zero attached hydrogens (tertiary/aromatic N) is 1. The molecule has 1 heterocycles. The molecule has 1 aromatic carbocycles.